The number of nitrogens with one attached hydrogen (secondary N) is 1. The zero-order valence-electron chi connectivity index (χ0n) is 4.32. The Balaban J connectivity index is 2.83. The zero-order valence-corrected chi connectivity index (χ0v) is 6.47. The van der Waals surface area contributed by atoms with Crippen molar-refractivity contribution in [2.45, 2.75) is 19.4 Å². The summed E-state index contributed by atoms with van der Waals surface area (Å²) in [7, 11) is 0. The van der Waals surface area contributed by atoms with Crippen LogP contribution in [0.3, 0.4) is 0 Å². The molecule has 44 valence electrons. The van der Waals surface area contributed by atoms with E-state index in [1.807, 2.05) is 29.8 Å². The molecular weight excluding hydrogens is 205 g/mol. The average Bonchev–Trinajstić information content (AvgIpc) is 1.68. The molecule has 1 unspecified atom stereocenters. The summed E-state index contributed by atoms with van der Waals surface area (Å²) in [5.41, 5.74) is 0. The van der Waals surface area contributed by atoms with Gasteiger partial charge in [0.2, 0.25) is 0 Å². The van der Waals surface area contributed by atoms with Gasteiger partial charge in [-0.1, -0.05) is 6.92 Å². The summed E-state index contributed by atoms with van der Waals surface area (Å²) in [6.45, 7) is 2.65. The quantitative estimate of drug-likeness (QED) is 0.536. The highest BCUT2D eigenvalue weighted by Gasteiger charge is 1.94. The van der Waals surface area contributed by atoms with Crippen molar-refractivity contribution in [3.63, 3.8) is 0 Å². The number of halogens is 1. The predicted molar refractivity (Wildman–Crippen MR) is 38.3 cm³/mol. The van der Waals surface area contributed by atoms with Crippen molar-refractivity contribution in [2.75, 3.05) is 6.54 Å². The molecule has 0 amide bonds. The highest BCUT2D eigenvalue weighted by atomic mass is 127. The van der Waals surface area contributed by atoms with Crippen molar-refractivity contribution in [3.8, 4) is 0 Å². The van der Waals surface area contributed by atoms with Crippen LogP contribution < -0.4 is 3.53 Å². The lowest BCUT2D eigenvalue weighted by Crippen LogP contribution is -2.18. The number of aliphatic hydroxyl groups is 1. The predicted octanol–water partition coefficient (Wildman–Crippen LogP) is 0.697. The van der Waals surface area contributed by atoms with Crippen LogP contribution >= 0.6 is 22.9 Å². The van der Waals surface area contributed by atoms with Gasteiger partial charge in [-0.2, -0.15) is 0 Å². The van der Waals surface area contributed by atoms with Gasteiger partial charge in [0, 0.05) is 29.4 Å². The Labute approximate surface area is 57.8 Å². The molecule has 0 aromatic rings. The summed E-state index contributed by atoms with van der Waals surface area (Å²) >= 11 is 2.02. The molecule has 0 aromatic heterocycles. The summed E-state index contributed by atoms with van der Waals surface area (Å²) in [5.74, 6) is 0. The molecule has 0 aliphatic carbocycles. The van der Waals surface area contributed by atoms with Gasteiger partial charge in [-0.3, -0.25) is 3.53 Å². The molecule has 0 aromatic carbocycles. The molecule has 0 radical (unpaired) electrons. The maximum Gasteiger partial charge on any atom is 0.0670 e. The van der Waals surface area contributed by atoms with Gasteiger partial charge in [0.1, 0.15) is 0 Å². The summed E-state index contributed by atoms with van der Waals surface area (Å²) in [5, 5.41) is 8.79. The first-order valence-corrected chi connectivity index (χ1v) is 3.40. The molecule has 1 atom stereocenters. The van der Waals surface area contributed by atoms with Crippen LogP contribution in [0.4, 0.5) is 0 Å². The first kappa shape index (κ1) is 7.65. The molecule has 0 heterocycles. The molecule has 0 aliphatic rings. The second-order valence-corrected chi connectivity index (χ2v) is 2.16. The van der Waals surface area contributed by atoms with Crippen molar-refractivity contribution < 1.29 is 5.11 Å². The van der Waals surface area contributed by atoms with Gasteiger partial charge in [0.25, 0.3) is 0 Å². The van der Waals surface area contributed by atoms with Gasteiger partial charge in [-0.25, -0.2) is 0 Å². The molecule has 0 aliphatic heterocycles. The van der Waals surface area contributed by atoms with E-state index in [2.05, 4.69) is 3.53 Å². The lowest BCUT2D eigenvalue weighted by atomic mass is 10.3. The number of rotatable bonds is 3. The minimum atomic E-state index is -0.170. The van der Waals surface area contributed by atoms with Gasteiger partial charge in [-0.15, -0.1) is 0 Å². The van der Waals surface area contributed by atoms with Crippen molar-refractivity contribution in [1.82, 2.24) is 3.53 Å². The minimum absolute atomic E-state index is 0.170. The fraction of sp³-hybridized carbons (Fsp3) is 1.00. The first-order valence-electron chi connectivity index (χ1n) is 2.32. The SMILES string of the molecule is CCC(O)CNI. The third kappa shape index (κ3) is 4.50. The minimum Gasteiger partial charge on any atom is -0.392 e. The molecule has 0 rings (SSSR count). The fourth-order valence-electron chi connectivity index (χ4n) is 0.233. The monoisotopic (exact) mass is 215 g/mol. The molecule has 2 nitrogen and oxygen atoms in total. The second-order valence-electron chi connectivity index (χ2n) is 1.40. The molecule has 0 saturated heterocycles. The summed E-state index contributed by atoms with van der Waals surface area (Å²) in [6, 6.07) is 0. The van der Waals surface area contributed by atoms with Crippen molar-refractivity contribution >= 4 is 22.9 Å². The molecule has 3 heteroatoms. The van der Waals surface area contributed by atoms with Crippen LogP contribution in [-0.2, 0) is 0 Å². The van der Waals surface area contributed by atoms with Crippen LogP contribution in [0.5, 0.6) is 0 Å². The normalized spacial score (nSPS) is 14.1. The lowest BCUT2D eigenvalue weighted by Gasteiger charge is -2.02. The van der Waals surface area contributed by atoms with Crippen LogP contribution in [0.15, 0.2) is 0 Å². The Bertz CT molecular complexity index is 42.7. The topological polar surface area (TPSA) is 32.3 Å². The van der Waals surface area contributed by atoms with Crippen LogP contribution in [0, 0.1) is 0 Å². The maximum absolute atomic E-state index is 8.79. The molecule has 0 bridgehead atoms. The van der Waals surface area contributed by atoms with E-state index in [0.717, 1.165) is 6.42 Å². The third-order valence-corrected chi connectivity index (χ3v) is 1.22. The van der Waals surface area contributed by atoms with E-state index in [1.54, 1.807) is 0 Å². The molecule has 0 saturated carbocycles. The summed E-state index contributed by atoms with van der Waals surface area (Å²) in [4.78, 5) is 0. The standard InChI is InChI=1S/C4H10INO/c1-2-4(7)3-6-5/h4,6-7H,2-3H2,1H3. The Kier molecular flexibility index (Phi) is 5.25. The van der Waals surface area contributed by atoms with Gasteiger partial charge >= 0.3 is 0 Å². The highest BCUT2D eigenvalue weighted by molar-refractivity contribution is 14.1. The summed E-state index contributed by atoms with van der Waals surface area (Å²) < 4.78 is 2.84. The number of hydrogen-bond acceptors (Lipinski definition) is 2. The molecule has 2 N–H and O–H groups in total. The van der Waals surface area contributed by atoms with Crippen LogP contribution in [-0.4, -0.2) is 17.8 Å². The largest absolute Gasteiger partial charge is 0.392 e. The van der Waals surface area contributed by atoms with Gasteiger partial charge in [0.05, 0.1) is 6.10 Å². The van der Waals surface area contributed by atoms with Crippen molar-refractivity contribution in [1.29, 1.82) is 0 Å². The van der Waals surface area contributed by atoms with Gasteiger partial charge in [0.15, 0.2) is 0 Å². The lowest BCUT2D eigenvalue weighted by molar-refractivity contribution is 0.176. The Morgan fingerprint density at radius 1 is 1.86 bits per heavy atom. The number of hydrogen-bond donors (Lipinski definition) is 2. The first-order chi connectivity index (χ1) is 3.31. The molecular formula is C4H10INO. The Morgan fingerprint density at radius 3 is 2.57 bits per heavy atom. The van der Waals surface area contributed by atoms with E-state index < -0.39 is 0 Å². The van der Waals surface area contributed by atoms with Crippen LogP contribution in [0.2, 0.25) is 0 Å². The van der Waals surface area contributed by atoms with E-state index >= 15 is 0 Å². The molecule has 0 fully saturated rings. The maximum atomic E-state index is 8.79. The van der Waals surface area contributed by atoms with E-state index in [9.17, 15) is 0 Å². The zero-order chi connectivity index (χ0) is 5.70. The van der Waals surface area contributed by atoms with Gasteiger partial charge in [-0.05, 0) is 6.42 Å². The van der Waals surface area contributed by atoms with Gasteiger partial charge < -0.3 is 5.11 Å². The van der Waals surface area contributed by atoms with E-state index in [0.29, 0.717) is 6.54 Å². The van der Waals surface area contributed by atoms with Crippen LogP contribution in [0.25, 0.3) is 0 Å². The van der Waals surface area contributed by atoms with E-state index in [-0.39, 0.29) is 6.10 Å². The molecule has 0 spiro atoms. The van der Waals surface area contributed by atoms with Crippen molar-refractivity contribution in [3.05, 3.63) is 0 Å². The van der Waals surface area contributed by atoms with E-state index in [1.165, 1.54) is 0 Å². The molecule has 7 heavy (non-hydrogen) atoms. The number of aliphatic hydroxyl groups excluding tert-OH is 1. The fourth-order valence-corrected chi connectivity index (χ4v) is 0.742. The second kappa shape index (κ2) is 4.80. The smallest absolute Gasteiger partial charge is 0.0670 e. The van der Waals surface area contributed by atoms with Crippen LogP contribution in [0.1, 0.15) is 13.3 Å². The Hall–Kier alpha value is 0.650. The summed E-state index contributed by atoms with van der Waals surface area (Å²) in [6.07, 6.45) is 0.660. The Morgan fingerprint density at radius 2 is 2.43 bits per heavy atom. The highest BCUT2D eigenvalue weighted by Crippen LogP contribution is 1.86. The van der Waals surface area contributed by atoms with Crippen molar-refractivity contribution in [2.24, 2.45) is 0 Å². The average molecular weight is 215 g/mol. The van der Waals surface area contributed by atoms with E-state index in [4.69, 9.17) is 5.11 Å². The third-order valence-electron chi connectivity index (χ3n) is 0.784.